The van der Waals surface area contributed by atoms with Crippen LogP contribution in [0.5, 0.6) is 5.75 Å². The lowest BCUT2D eigenvalue weighted by Gasteiger charge is -2.41. The van der Waals surface area contributed by atoms with Gasteiger partial charge in [0.2, 0.25) is 0 Å². The van der Waals surface area contributed by atoms with Gasteiger partial charge >= 0.3 is 0 Å². The summed E-state index contributed by atoms with van der Waals surface area (Å²) in [5.74, 6) is 1.25. The van der Waals surface area contributed by atoms with Crippen LogP contribution >= 0.6 is 11.6 Å². The highest BCUT2D eigenvalue weighted by Crippen LogP contribution is 2.43. The van der Waals surface area contributed by atoms with Gasteiger partial charge in [0.25, 0.3) is 0 Å². The first kappa shape index (κ1) is 24.1. The highest BCUT2D eigenvalue weighted by Gasteiger charge is 2.40. The van der Waals surface area contributed by atoms with E-state index in [0.29, 0.717) is 24.0 Å². The van der Waals surface area contributed by atoms with Crippen molar-refractivity contribution < 1.29 is 14.6 Å². The predicted octanol–water partition coefficient (Wildman–Crippen LogP) is 5.48. The van der Waals surface area contributed by atoms with Crippen LogP contribution in [-0.4, -0.2) is 49.5 Å². The Kier molecular flexibility index (Phi) is 8.79. The second kappa shape index (κ2) is 11.3. The molecule has 1 aliphatic rings. The molecule has 2 aromatic rings. The van der Waals surface area contributed by atoms with Crippen molar-refractivity contribution >= 4 is 11.6 Å². The molecule has 1 N–H and O–H groups in total. The van der Waals surface area contributed by atoms with Crippen LogP contribution in [0, 0.1) is 5.92 Å². The molecule has 1 aliphatic heterocycles. The van der Waals surface area contributed by atoms with Crippen LogP contribution < -0.4 is 4.74 Å². The lowest BCUT2D eigenvalue weighted by atomic mass is 9.73. The van der Waals surface area contributed by atoms with Gasteiger partial charge in [-0.1, -0.05) is 49.7 Å². The van der Waals surface area contributed by atoms with E-state index in [4.69, 9.17) is 21.1 Å². The van der Waals surface area contributed by atoms with E-state index in [-0.39, 0.29) is 5.92 Å². The number of hydrogen-bond acceptors (Lipinski definition) is 4. The molecular weight excluding hydrogens is 410 g/mol. The van der Waals surface area contributed by atoms with Gasteiger partial charge in [-0.05, 0) is 61.1 Å². The van der Waals surface area contributed by atoms with Gasteiger partial charge in [-0.2, -0.15) is 0 Å². The zero-order valence-electron chi connectivity index (χ0n) is 19.0. The zero-order valence-corrected chi connectivity index (χ0v) is 19.8. The first-order valence-electron chi connectivity index (χ1n) is 11.4. The summed E-state index contributed by atoms with van der Waals surface area (Å²) in [5, 5.41) is 13.0. The van der Waals surface area contributed by atoms with E-state index in [1.165, 1.54) is 0 Å². The van der Waals surface area contributed by atoms with Gasteiger partial charge in [0.05, 0.1) is 25.4 Å². The number of aliphatic hydroxyl groups is 1. The number of hydrogen-bond donors (Lipinski definition) is 1. The van der Waals surface area contributed by atoms with E-state index >= 15 is 0 Å². The summed E-state index contributed by atoms with van der Waals surface area (Å²) in [5.41, 5.74) is 1.04. The number of rotatable bonds is 10. The van der Waals surface area contributed by atoms with E-state index < -0.39 is 5.60 Å². The van der Waals surface area contributed by atoms with Crippen LogP contribution in [0.4, 0.5) is 0 Å². The molecule has 0 spiro atoms. The molecule has 0 aromatic heterocycles. The Morgan fingerprint density at radius 3 is 2.29 bits per heavy atom. The summed E-state index contributed by atoms with van der Waals surface area (Å²) in [6.45, 7) is 11.0. The first-order chi connectivity index (χ1) is 14.9. The number of nitrogens with zero attached hydrogens (tertiary/aromatic N) is 1. The van der Waals surface area contributed by atoms with E-state index in [0.717, 1.165) is 56.1 Å². The van der Waals surface area contributed by atoms with Gasteiger partial charge in [-0.25, -0.2) is 0 Å². The molecule has 1 saturated heterocycles. The molecule has 0 amide bonds. The number of ether oxygens (including phenoxy) is 2. The molecular formula is C26H36ClNO3. The van der Waals surface area contributed by atoms with Crippen LogP contribution in [0.15, 0.2) is 48.5 Å². The van der Waals surface area contributed by atoms with E-state index in [1.807, 2.05) is 43.3 Å². The second-order valence-electron chi connectivity index (χ2n) is 8.83. The van der Waals surface area contributed by atoms with Gasteiger partial charge in [0, 0.05) is 30.6 Å². The fraction of sp³-hybridized carbons (Fsp3) is 0.538. The minimum Gasteiger partial charge on any atom is -0.494 e. The molecule has 2 atom stereocenters. The molecule has 5 heteroatoms. The lowest BCUT2D eigenvalue weighted by molar-refractivity contribution is -0.0311. The van der Waals surface area contributed by atoms with E-state index in [1.54, 1.807) is 0 Å². The Morgan fingerprint density at radius 1 is 1.06 bits per heavy atom. The highest BCUT2D eigenvalue weighted by atomic mass is 35.5. The normalized spacial score (nSPS) is 18.0. The minimum atomic E-state index is -0.999. The van der Waals surface area contributed by atoms with Crippen molar-refractivity contribution in [3.63, 3.8) is 0 Å². The van der Waals surface area contributed by atoms with Gasteiger partial charge < -0.3 is 14.6 Å². The molecule has 0 aliphatic carbocycles. The summed E-state index contributed by atoms with van der Waals surface area (Å²) in [6.07, 6.45) is 1.63. The molecule has 0 radical (unpaired) electrons. The molecule has 0 bridgehead atoms. The van der Waals surface area contributed by atoms with Crippen LogP contribution in [0.1, 0.15) is 50.7 Å². The van der Waals surface area contributed by atoms with Crippen LogP contribution in [0.3, 0.4) is 0 Å². The van der Waals surface area contributed by atoms with Crippen molar-refractivity contribution in [2.45, 2.75) is 45.1 Å². The second-order valence-corrected chi connectivity index (χ2v) is 9.27. The molecule has 170 valence electrons. The van der Waals surface area contributed by atoms with Crippen molar-refractivity contribution in [3.05, 3.63) is 64.7 Å². The van der Waals surface area contributed by atoms with Gasteiger partial charge in [0.1, 0.15) is 5.75 Å². The monoisotopic (exact) mass is 445 g/mol. The Bertz CT molecular complexity index is 787. The molecule has 0 saturated carbocycles. The third kappa shape index (κ3) is 6.45. The largest absolute Gasteiger partial charge is 0.494 e. The van der Waals surface area contributed by atoms with Gasteiger partial charge in [-0.3, -0.25) is 4.90 Å². The predicted molar refractivity (Wildman–Crippen MR) is 127 cm³/mol. The van der Waals surface area contributed by atoms with Crippen LogP contribution in [0.2, 0.25) is 5.02 Å². The Morgan fingerprint density at radius 2 is 1.71 bits per heavy atom. The quantitative estimate of drug-likeness (QED) is 0.525. The molecule has 3 rings (SSSR count). The minimum absolute atomic E-state index is 0.0837. The van der Waals surface area contributed by atoms with E-state index in [2.05, 4.69) is 30.9 Å². The SMILES string of the molecule is CCOc1ccc([C@@](O)(CCC(C)C)[C@@H](CN2CCOCC2)c2ccc(Cl)cc2)cc1. The Balaban J connectivity index is 2.00. The Hall–Kier alpha value is -1.59. The third-order valence-corrected chi connectivity index (χ3v) is 6.41. The zero-order chi connectivity index (χ0) is 22.3. The molecule has 1 fully saturated rings. The smallest absolute Gasteiger partial charge is 0.119 e. The van der Waals surface area contributed by atoms with Gasteiger partial charge in [0.15, 0.2) is 0 Å². The summed E-state index contributed by atoms with van der Waals surface area (Å²) >= 11 is 6.19. The Labute approximate surface area is 192 Å². The summed E-state index contributed by atoms with van der Waals surface area (Å²) in [4.78, 5) is 2.40. The van der Waals surface area contributed by atoms with Crippen molar-refractivity contribution in [1.82, 2.24) is 4.90 Å². The summed E-state index contributed by atoms with van der Waals surface area (Å²) in [7, 11) is 0. The van der Waals surface area contributed by atoms with Crippen LogP contribution in [-0.2, 0) is 10.3 Å². The number of halogens is 1. The van der Waals surface area contributed by atoms with Crippen molar-refractivity contribution in [2.24, 2.45) is 5.92 Å². The van der Waals surface area contributed by atoms with Crippen LogP contribution in [0.25, 0.3) is 0 Å². The third-order valence-electron chi connectivity index (χ3n) is 6.16. The number of morpholine rings is 1. The topological polar surface area (TPSA) is 41.9 Å². The first-order valence-corrected chi connectivity index (χ1v) is 11.8. The lowest BCUT2D eigenvalue weighted by Crippen LogP contribution is -2.45. The maximum absolute atomic E-state index is 12.3. The molecule has 1 heterocycles. The molecule has 31 heavy (non-hydrogen) atoms. The maximum atomic E-state index is 12.3. The number of benzene rings is 2. The fourth-order valence-corrected chi connectivity index (χ4v) is 4.43. The standard InChI is InChI=1S/C26H36ClNO3/c1-4-31-24-11-7-22(8-12-24)26(29,14-13-20(2)3)25(19-28-15-17-30-18-16-28)21-5-9-23(27)10-6-21/h5-12,20,25,29H,4,13-19H2,1-3H3/t25-,26-/m0/s1. The highest BCUT2D eigenvalue weighted by molar-refractivity contribution is 6.30. The fourth-order valence-electron chi connectivity index (χ4n) is 4.30. The average molecular weight is 446 g/mol. The van der Waals surface area contributed by atoms with Crippen molar-refractivity contribution in [2.75, 3.05) is 39.5 Å². The molecule has 2 aromatic carbocycles. The maximum Gasteiger partial charge on any atom is 0.119 e. The summed E-state index contributed by atoms with van der Waals surface area (Å²) in [6, 6.07) is 15.9. The van der Waals surface area contributed by atoms with Crippen molar-refractivity contribution in [1.29, 1.82) is 0 Å². The average Bonchev–Trinajstić information content (AvgIpc) is 2.78. The van der Waals surface area contributed by atoms with Gasteiger partial charge in [-0.15, -0.1) is 0 Å². The molecule has 0 unspecified atom stereocenters. The van der Waals surface area contributed by atoms with E-state index in [9.17, 15) is 5.11 Å². The molecule has 4 nitrogen and oxygen atoms in total. The summed E-state index contributed by atoms with van der Waals surface area (Å²) < 4.78 is 11.2. The van der Waals surface area contributed by atoms with Crippen molar-refractivity contribution in [3.8, 4) is 5.75 Å².